The van der Waals surface area contributed by atoms with Crippen LogP contribution in [0.1, 0.15) is 63.5 Å². The fraction of sp³-hybridized carbons (Fsp3) is 0.435. The molecule has 0 saturated carbocycles. The van der Waals surface area contributed by atoms with Crippen molar-refractivity contribution in [3.05, 3.63) is 63.7 Å². The minimum absolute atomic E-state index is 0.0765. The average molecular weight is 411 g/mol. The zero-order valence-electron chi connectivity index (χ0n) is 18.1. The highest BCUT2D eigenvalue weighted by Crippen LogP contribution is 2.28. The van der Waals surface area contributed by atoms with Crippen molar-refractivity contribution in [3.8, 4) is 0 Å². The zero-order valence-corrected chi connectivity index (χ0v) is 18.9. The Balaban J connectivity index is 1.70. The Labute approximate surface area is 177 Å². The lowest BCUT2D eigenvalue weighted by molar-refractivity contribution is -0.115. The van der Waals surface area contributed by atoms with Gasteiger partial charge in [0.05, 0.1) is 28.4 Å². The Morgan fingerprint density at radius 3 is 2.41 bits per heavy atom. The van der Waals surface area contributed by atoms with Gasteiger partial charge in [0.15, 0.2) is 0 Å². The monoisotopic (exact) mass is 410 g/mol. The summed E-state index contributed by atoms with van der Waals surface area (Å²) in [4.78, 5) is 17.3. The number of nitrogens with zero attached hydrogens (tertiary/aromatic N) is 3. The Hall–Kier alpha value is -2.47. The summed E-state index contributed by atoms with van der Waals surface area (Å²) in [7, 11) is 0. The van der Waals surface area contributed by atoms with Crippen LogP contribution in [0.3, 0.4) is 0 Å². The molecule has 3 rings (SSSR count). The molecular weight excluding hydrogens is 380 g/mol. The van der Waals surface area contributed by atoms with Gasteiger partial charge in [-0.15, -0.1) is 11.3 Å². The number of hydrogen-bond donors (Lipinski definition) is 1. The number of nitrogens with one attached hydrogen (secondary N) is 1. The number of benzene rings is 1. The second kappa shape index (κ2) is 8.11. The summed E-state index contributed by atoms with van der Waals surface area (Å²) in [5.41, 5.74) is 2.67. The molecule has 0 unspecified atom stereocenters. The van der Waals surface area contributed by atoms with Crippen molar-refractivity contribution in [2.75, 3.05) is 5.32 Å². The number of rotatable bonds is 5. The van der Waals surface area contributed by atoms with Gasteiger partial charge in [0.1, 0.15) is 5.82 Å². The van der Waals surface area contributed by atoms with Crippen LogP contribution in [-0.2, 0) is 28.6 Å². The van der Waals surface area contributed by atoms with E-state index in [-0.39, 0.29) is 23.3 Å². The molecule has 0 aliphatic carbocycles. The maximum atomic E-state index is 12.7. The molecule has 2 aromatic heterocycles. The standard InChI is InChI=1S/C23H30N4OS/c1-22(2,3)18-14-19(27(26-18)23(4,5)6)25-20(28)13-17-15-29-21(24-17)12-16-10-8-7-9-11-16/h7-11,14-15H,12-13H2,1-6H3,(H,25,28). The third-order valence-corrected chi connectivity index (χ3v) is 5.42. The van der Waals surface area contributed by atoms with Gasteiger partial charge >= 0.3 is 0 Å². The second-order valence-corrected chi connectivity index (χ2v) is 10.3. The van der Waals surface area contributed by atoms with E-state index in [0.717, 1.165) is 28.6 Å². The van der Waals surface area contributed by atoms with Crippen LogP contribution >= 0.6 is 11.3 Å². The summed E-state index contributed by atoms with van der Waals surface area (Å²) in [6.45, 7) is 12.6. The highest BCUT2D eigenvalue weighted by molar-refractivity contribution is 7.09. The summed E-state index contributed by atoms with van der Waals surface area (Å²) >= 11 is 1.60. The SMILES string of the molecule is CC(C)(C)c1cc(NC(=O)Cc2csc(Cc3ccccc3)n2)n(C(C)(C)C)n1. The van der Waals surface area contributed by atoms with Gasteiger partial charge < -0.3 is 5.32 Å². The van der Waals surface area contributed by atoms with Crippen molar-refractivity contribution in [1.29, 1.82) is 0 Å². The Morgan fingerprint density at radius 1 is 1.10 bits per heavy atom. The smallest absolute Gasteiger partial charge is 0.231 e. The summed E-state index contributed by atoms with van der Waals surface area (Å²) < 4.78 is 1.90. The van der Waals surface area contributed by atoms with E-state index in [4.69, 9.17) is 5.10 Å². The molecule has 1 N–H and O–H groups in total. The molecular formula is C23H30N4OS. The minimum atomic E-state index is -0.227. The normalized spacial score (nSPS) is 12.2. The molecule has 0 saturated heterocycles. The molecule has 0 aliphatic rings. The van der Waals surface area contributed by atoms with Crippen molar-refractivity contribution in [2.45, 2.75) is 65.3 Å². The third kappa shape index (κ3) is 5.54. The lowest BCUT2D eigenvalue weighted by Gasteiger charge is -2.23. The van der Waals surface area contributed by atoms with E-state index in [1.165, 1.54) is 5.56 Å². The molecule has 3 aromatic rings. The lowest BCUT2D eigenvalue weighted by Crippen LogP contribution is -2.27. The molecule has 0 aliphatic heterocycles. The van der Waals surface area contributed by atoms with Gasteiger partial charge in [-0.2, -0.15) is 5.10 Å². The van der Waals surface area contributed by atoms with Crippen molar-refractivity contribution in [2.24, 2.45) is 0 Å². The first kappa shape index (κ1) is 21.2. The number of anilines is 1. The fourth-order valence-electron chi connectivity index (χ4n) is 2.98. The second-order valence-electron chi connectivity index (χ2n) is 9.37. The van der Waals surface area contributed by atoms with Gasteiger partial charge in [-0.25, -0.2) is 9.67 Å². The molecule has 1 aromatic carbocycles. The predicted octanol–water partition coefficient (Wildman–Crippen LogP) is 5.16. The van der Waals surface area contributed by atoms with Gasteiger partial charge in [0, 0.05) is 23.3 Å². The highest BCUT2D eigenvalue weighted by Gasteiger charge is 2.25. The number of hydrogen-bond acceptors (Lipinski definition) is 4. The molecule has 29 heavy (non-hydrogen) atoms. The van der Waals surface area contributed by atoms with E-state index < -0.39 is 0 Å². The number of carbonyl (C=O) groups excluding carboxylic acids is 1. The van der Waals surface area contributed by atoms with Crippen molar-refractivity contribution in [3.63, 3.8) is 0 Å². The number of thiazole rings is 1. The molecule has 1 amide bonds. The average Bonchev–Trinajstić information content (AvgIpc) is 3.22. The first-order valence-corrected chi connectivity index (χ1v) is 10.8. The molecule has 0 atom stereocenters. The van der Waals surface area contributed by atoms with Gasteiger partial charge in [0.2, 0.25) is 5.91 Å². The maximum Gasteiger partial charge on any atom is 0.231 e. The Morgan fingerprint density at radius 2 is 1.79 bits per heavy atom. The summed E-state index contributed by atoms with van der Waals surface area (Å²) in [6.07, 6.45) is 1.05. The first-order valence-electron chi connectivity index (χ1n) is 9.90. The lowest BCUT2D eigenvalue weighted by atomic mass is 9.92. The molecule has 5 nitrogen and oxygen atoms in total. The quantitative estimate of drug-likeness (QED) is 0.632. The molecule has 0 bridgehead atoms. The summed E-state index contributed by atoms with van der Waals surface area (Å²) in [5.74, 6) is 0.652. The Bertz CT molecular complexity index is 974. The molecule has 6 heteroatoms. The van der Waals surface area contributed by atoms with Crippen LogP contribution in [0, 0.1) is 0 Å². The predicted molar refractivity (Wildman–Crippen MR) is 120 cm³/mol. The molecule has 0 spiro atoms. The van der Waals surface area contributed by atoms with Crippen LogP contribution in [0.25, 0.3) is 0 Å². The van der Waals surface area contributed by atoms with Crippen LogP contribution in [-0.4, -0.2) is 20.7 Å². The largest absolute Gasteiger partial charge is 0.311 e. The zero-order chi connectivity index (χ0) is 21.2. The van der Waals surface area contributed by atoms with E-state index in [1.54, 1.807) is 11.3 Å². The molecule has 0 fully saturated rings. The van der Waals surface area contributed by atoms with Crippen molar-refractivity contribution >= 4 is 23.1 Å². The summed E-state index contributed by atoms with van der Waals surface area (Å²) in [6, 6.07) is 12.2. The van der Waals surface area contributed by atoms with Crippen LogP contribution in [0.2, 0.25) is 0 Å². The van der Waals surface area contributed by atoms with Crippen molar-refractivity contribution < 1.29 is 4.79 Å². The molecule has 154 valence electrons. The summed E-state index contributed by atoms with van der Waals surface area (Å²) in [5, 5.41) is 10.8. The van der Waals surface area contributed by atoms with Gasteiger partial charge in [0.25, 0.3) is 0 Å². The molecule has 0 radical (unpaired) electrons. The minimum Gasteiger partial charge on any atom is -0.311 e. The van der Waals surface area contributed by atoms with Crippen LogP contribution in [0.15, 0.2) is 41.8 Å². The Kier molecular flexibility index (Phi) is 5.94. The number of aromatic nitrogens is 3. The molecule has 2 heterocycles. The van der Waals surface area contributed by atoms with Crippen LogP contribution < -0.4 is 5.32 Å². The highest BCUT2D eigenvalue weighted by atomic mass is 32.1. The number of amides is 1. The maximum absolute atomic E-state index is 12.7. The van der Waals surface area contributed by atoms with E-state index >= 15 is 0 Å². The van der Waals surface area contributed by atoms with Gasteiger partial charge in [-0.05, 0) is 26.3 Å². The van der Waals surface area contributed by atoms with Crippen LogP contribution in [0.5, 0.6) is 0 Å². The van der Waals surface area contributed by atoms with Crippen molar-refractivity contribution in [1.82, 2.24) is 14.8 Å². The fourth-order valence-corrected chi connectivity index (χ4v) is 3.81. The van der Waals surface area contributed by atoms with Crippen LogP contribution in [0.4, 0.5) is 5.82 Å². The third-order valence-electron chi connectivity index (χ3n) is 4.52. The van der Waals surface area contributed by atoms with Gasteiger partial charge in [-0.3, -0.25) is 4.79 Å². The first-order chi connectivity index (χ1) is 13.5. The topological polar surface area (TPSA) is 59.8 Å². The van der Waals surface area contributed by atoms with E-state index in [2.05, 4.69) is 64.0 Å². The number of carbonyl (C=O) groups is 1. The van der Waals surface area contributed by atoms with E-state index in [9.17, 15) is 4.79 Å². The van der Waals surface area contributed by atoms with Gasteiger partial charge in [-0.1, -0.05) is 51.1 Å². The van der Waals surface area contributed by atoms with E-state index in [0.29, 0.717) is 0 Å². The van der Waals surface area contributed by atoms with E-state index in [1.807, 2.05) is 34.3 Å².